The van der Waals surface area contributed by atoms with Crippen LogP contribution in [0.4, 0.5) is 5.82 Å². The minimum absolute atomic E-state index is 0.0450. The SMILES string of the molecule is CCc1cc(NC(CO)Cc2ccccc2)nc(C)n1. The lowest BCUT2D eigenvalue weighted by atomic mass is 10.1. The average molecular weight is 271 g/mol. The zero-order valence-electron chi connectivity index (χ0n) is 12.0. The van der Waals surface area contributed by atoms with Gasteiger partial charge in [0, 0.05) is 11.8 Å². The van der Waals surface area contributed by atoms with Gasteiger partial charge in [-0.2, -0.15) is 0 Å². The highest BCUT2D eigenvalue weighted by Crippen LogP contribution is 2.11. The number of anilines is 1. The molecule has 1 unspecified atom stereocenters. The summed E-state index contributed by atoms with van der Waals surface area (Å²) in [5.74, 6) is 1.53. The lowest BCUT2D eigenvalue weighted by Gasteiger charge is -2.17. The molecule has 0 aliphatic heterocycles. The third-order valence-corrected chi connectivity index (χ3v) is 3.15. The smallest absolute Gasteiger partial charge is 0.130 e. The molecule has 0 aliphatic carbocycles. The quantitative estimate of drug-likeness (QED) is 0.847. The summed E-state index contributed by atoms with van der Waals surface area (Å²) in [5, 5.41) is 12.8. The van der Waals surface area contributed by atoms with Crippen LogP contribution in [0.2, 0.25) is 0 Å². The van der Waals surface area contributed by atoms with Gasteiger partial charge in [-0.05, 0) is 25.3 Å². The van der Waals surface area contributed by atoms with Gasteiger partial charge in [-0.25, -0.2) is 9.97 Å². The van der Waals surface area contributed by atoms with Crippen LogP contribution in [0.5, 0.6) is 0 Å². The Kier molecular flexibility index (Phi) is 5.07. The summed E-state index contributed by atoms with van der Waals surface area (Å²) in [4.78, 5) is 8.73. The molecular formula is C16H21N3O. The van der Waals surface area contributed by atoms with E-state index in [1.54, 1.807) is 0 Å². The number of aryl methyl sites for hydroxylation is 2. The molecule has 4 nitrogen and oxygen atoms in total. The molecule has 0 saturated carbocycles. The molecule has 2 aromatic rings. The highest BCUT2D eigenvalue weighted by molar-refractivity contribution is 5.38. The van der Waals surface area contributed by atoms with Crippen LogP contribution in [0.25, 0.3) is 0 Å². The molecule has 0 aliphatic rings. The van der Waals surface area contributed by atoms with Crippen molar-refractivity contribution < 1.29 is 5.11 Å². The number of benzene rings is 1. The molecule has 0 saturated heterocycles. The van der Waals surface area contributed by atoms with Gasteiger partial charge in [0.25, 0.3) is 0 Å². The van der Waals surface area contributed by atoms with Crippen LogP contribution >= 0.6 is 0 Å². The predicted octanol–water partition coefficient (Wildman–Crippen LogP) is 2.36. The zero-order chi connectivity index (χ0) is 14.4. The molecule has 0 fully saturated rings. The van der Waals surface area contributed by atoms with Crippen molar-refractivity contribution in [3.63, 3.8) is 0 Å². The van der Waals surface area contributed by atoms with Crippen molar-refractivity contribution in [2.75, 3.05) is 11.9 Å². The lowest BCUT2D eigenvalue weighted by molar-refractivity contribution is 0.273. The van der Waals surface area contributed by atoms with Crippen LogP contribution < -0.4 is 5.32 Å². The van der Waals surface area contributed by atoms with Crippen molar-refractivity contribution in [1.82, 2.24) is 9.97 Å². The van der Waals surface area contributed by atoms with Crippen LogP contribution in [-0.4, -0.2) is 27.7 Å². The number of hydrogen-bond donors (Lipinski definition) is 2. The number of aliphatic hydroxyl groups is 1. The van der Waals surface area contributed by atoms with Crippen molar-refractivity contribution in [2.24, 2.45) is 0 Å². The Labute approximate surface area is 119 Å². The van der Waals surface area contributed by atoms with Crippen molar-refractivity contribution in [3.05, 3.63) is 53.5 Å². The summed E-state index contributed by atoms with van der Waals surface area (Å²) in [6, 6.07) is 12.0. The fourth-order valence-electron chi connectivity index (χ4n) is 2.15. The second-order valence-corrected chi connectivity index (χ2v) is 4.86. The first-order chi connectivity index (χ1) is 9.71. The topological polar surface area (TPSA) is 58.0 Å². The van der Waals surface area contributed by atoms with Gasteiger partial charge >= 0.3 is 0 Å². The van der Waals surface area contributed by atoms with E-state index in [9.17, 15) is 5.11 Å². The van der Waals surface area contributed by atoms with Crippen LogP contribution in [0, 0.1) is 6.92 Å². The van der Waals surface area contributed by atoms with Crippen molar-refractivity contribution >= 4 is 5.82 Å². The molecule has 1 atom stereocenters. The van der Waals surface area contributed by atoms with E-state index in [1.165, 1.54) is 5.56 Å². The fraction of sp³-hybridized carbons (Fsp3) is 0.375. The maximum absolute atomic E-state index is 9.54. The van der Waals surface area contributed by atoms with Gasteiger partial charge in [0.15, 0.2) is 0 Å². The van der Waals surface area contributed by atoms with Gasteiger partial charge in [-0.3, -0.25) is 0 Å². The van der Waals surface area contributed by atoms with Gasteiger partial charge in [0.1, 0.15) is 11.6 Å². The van der Waals surface area contributed by atoms with E-state index < -0.39 is 0 Å². The van der Waals surface area contributed by atoms with E-state index in [0.29, 0.717) is 0 Å². The number of nitrogens with zero attached hydrogens (tertiary/aromatic N) is 2. The summed E-state index contributed by atoms with van der Waals surface area (Å²) >= 11 is 0. The largest absolute Gasteiger partial charge is 0.394 e. The molecule has 1 aromatic carbocycles. The fourth-order valence-corrected chi connectivity index (χ4v) is 2.15. The van der Waals surface area contributed by atoms with E-state index in [4.69, 9.17) is 0 Å². The molecule has 2 rings (SSSR count). The molecule has 2 N–H and O–H groups in total. The second kappa shape index (κ2) is 7.01. The van der Waals surface area contributed by atoms with Crippen molar-refractivity contribution in [3.8, 4) is 0 Å². The highest BCUT2D eigenvalue weighted by Gasteiger charge is 2.10. The molecule has 20 heavy (non-hydrogen) atoms. The summed E-state index contributed by atoms with van der Waals surface area (Å²) in [6.45, 7) is 4.02. The third kappa shape index (κ3) is 4.03. The Morgan fingerprint density at radius 1 is 1.20 bits per heavy atom. The van der Waals surface area contributed by atoms with Gasteiger partial charge in [0.05, 0.1) is 12.6 Å². The maximum atomic E-state index is 9.54. The van der Waals surface area contributed by atoms with E-state index in [0.717, 1.165) is 30.2 Å². The molecule has 1 aromatic heterocycles. The Morgan fingerprint density at radius 3 is 2.60 bits per heavy atom. The Hall–Kier alpha value is -1.94. The van der Waals surface area contributed by atoms with Gasteiger partial charge in [-0.15, -0.1) is 0 Å². The molecule has 0 bridgehead atoms. The van der Waals surface area contributed by atoms with E-state index in [2.05, 4.69) is 34.3 Å². The van der Waals surface area contributed by atoms with Gasteiger partial charge in [0.2, 0.25) is 0 Å². The van der Waals surface area contributed by atoms with Crippen LogP contribution in [0.3, 0.4) is 0 Å². The van der Waals surface area contributed by atoms with E-state index in [1.807, 2.05) is 31.2 Å². The van der Waals surface area contributed by atoms with E-state index in [-0.39, 0.29) is 12.6 Å². The number of rotatable bonds is 6. The summed E-state index contributed by atoms with van der Waals surface area (Å²) in [6.07, 6.45) is 1.64. The first-order valence-electron chi connectivity index (χ1n) is 6.97. The minimum Gasteiger partial charge on any atom is -0.394 e. The standard InChI is InChI=1S/C16H21N3O/c1-3-14-10-16(18-12(2)17-14)19-15(11-20)9-13-7-5-4-6-8-13/h4-8,10,15,20H,3,9,11H2,1-2H3,(H,17,18,19). The molecule has 0 spiro atoms. The van der Waals surface area contributed by atoms with Gasteiger partial charge in [-0.1, -0.05) is 37.3 Å². The number of aromatic nitrogens is 2. The summed E-state index contributed by atoms with van der Waals surface area (Å²) in [5.41, 5.74) is 2.21. The average Bonchev–Trinajstić information content (AvgIpc) is 2.47. The monoisotopic (exact) mass is 271 g/mol. The number of hydrogen-bond acceptors (Lipinski definition) is 4. The normalized spacial score (nSPS) is 12.2. The Balaban J connectivity index is 2.08. The molecule has 106 valence electrons. The zero-order valence-corrected chi connectivity index (χ0v) is 12.0. The number of nitrogens with one attached hydrogen (secondary N) is 1. The molecule has 4 heteroatoms. The van der Waals surface area contributed by atoms with Crippen molar-refractivity contribution in [2.45, 2.75) is 32.7 Å². The Bertz CT molecular complexity index is 543. The minimum atomic E-state index is -0.0450. The molecule has 0 radical (unpaired) electrons. The van der Waals surface area contributed by atoms with E-state index >= 15 is 0 Å². The predicted molar refractivity (Wildman–Crippen MR) is 80.8 cm³/mol. The molecular weight excluding hydrogens is 250 g/mol. The van der Waals surface area contributed by atoms with Gasteiger partial charge < -0.3 is 10.4 Å². The third-order valence-electron chi connectivity index (χ3n) is 3.15. The second-order valence-electron chi connectivity index (χ2n) is 4.86. The number of aliphatic hydroxyl groups excluding tert-OH is 1. The highest BCUT2D eigenvalue weighted by atomic mass is 16.3. The first-order valence-corrected chi connectivity index (χ1v) is 6.97. The summed E-state index contributed by atoms with van der Waals surface area (Å²) in [7, 11) is 0. The Morgan fingerprint density at radius 2 is 1.95 bits per heavy atom. The van der Waals surface area contributed by atoms with Crippen LogP contribution in [0.1, 0.15) is 24.0 Å². The maximum Gasteiger partial charge on any atom is 0.130 e. The first kappa shape index (κ1) is 14.5. The van der Waals surface area contributed by atoms with Crippen molar-refractivity contribution in [1.29, 1.82) is 0 Å². The summed E-state index contributed by atoms with van der Waals surface area (Å²) < 4.78 is 0. The van der Waals surface area contributed by atoms with Crippen LogP contribution in [-0.2, 0) is 12.8 Å². The molecule has 0 amide bonds. The lowest BCUT2D eigenvalue weighted by Crippen LogP contribution is -2.27. The van der Waals surface area contributed by atoms with Crippen LogP contribution in [0.15, 0.2) is 36.4 Å². The molecule has 1 heterocycles.